The molecule has 1 saturated heterocycles. The van der Waals surface area contributed by atoms with Gasteiger partial charge in [-0.2, -0.15) is 0 Å². The highest BCUT2D eigenvalue weighted by Crippen LogP contribution is 2.28. The number of guanidine groups is 1. The number of anilines is 1. The third-order valence-electron chi connectivity index (χ3n) is 3.20. The van der Waals surface area contributed by atoms with E-state index in [-0.39, 0.29) is 0 Å². The predicted octanol–water partition coefficient (Wildman–Crippen LogP) is 2.63. The number of halogens is 1. The Hall–Kier alpha value is -1.07. The van der Waals surface area contributed by atoms with Gasteiger partial charge in [0.15, 0.2) is 11.0 Å². The van der Waals surface area contributed by atoms with Gasteiger partial charge in [0.2, 0.25) is 5.96 Å². The summed E-state index contributed by atoms with van der Waals surface area (Å²) in [6.45, 7) is 1.96. The van der Waals surface area contributed by atoms with Crippen molar-refractivity contribution in [2.45, 2.75) is 24.2 Å². The molecule has 2 heterocycles. The van der Waals surface area contributed by atoms with Crippen LogP contribution in [0.5, 0.6) is 0 Å². The summed E-state index contributed by atoms with van der Waals surface area (Å²) in [6.07, 6.45) is 3.60. The van der Waals surface area contributed by atoms with E-state index in [0.717, 1.165) is 24.7 Å². The first kappa shape index (κ1) is 12.0. The summed E-state index contributed by atoms with van der Waals surface area (Å²) in [5, 5.41) is 3.83. The average Bonchev–Trinajstić information content (AvgIpc) is 2.40. The molecule has 6 heteroatoms. The van der Waals surface area contributed by atoms with Gasteiger partial charge in [-0.15, -0.1) is 4.40 Å². The summed E-state index contributed by atoms with van der Waals surface area (Å²) in [7, 11) is -1.36. The highest BCUT2D eigenvalue weighted by molar-refractivity contribution is 7.84. The third kappa shape index (κ3) is 2.24. The molecule has 2 aliphatic rings. The van der Waals surface area contributed by atoms with Crippen LogP contribution in [0.15, 0.2) is 27.5 Å². The molecule has 1 aromatic carbocycles. The van der Waals surface area contributed by atoms with Gasteiger partial charge >= 0.3 is 0 Å². The smallest absolute Gasteiger partial charge is 0.213 e. The van der Waals surface area contributed by atoms with Crippen LogP contribution in [-0.4, -0.2) is 28.2 Å². The minimum Gasteiger partial charge on any atom is -0.342 e. The fourth-order valence-electron chi connectivity index (χ4n) is 2.26. The Morgan fingerprint density at radius 1 is 1.28 bits per heavy atom. The molecule has 2 aliphatic heterocycles. The van der Waals surface area contributed by atoms with Gasteiger partial charge < -0.3 is 10.2 Å². The van der Waals surface area contributed by atoms with Crippen molar-refractivity contribution in [1.29, 1.82) is 0 Å². The fourth-order valence-corrected chi connectivity index (χ4v) is 3.45. The lowest BCUT2D eigenvalue weighted by molar-refractivity contribution is 0.342. The maximum atomic E-state index is 12.1. The Morgan fingerprint density at radius 2 is 2.06 bits per heavy atom. The third-order valence-corrected chi connectivity index (χ3v) is 4.49. The minimum absolute atomic E-state index is 0.584. The van der Waals surface area contributed by atoms with Gasteiger partial charge in [-0.3, -0.25) is 0 Å². The van der Waals surface area contributed by atoms with E-state index in [1.54, 1.807) is 12.1 Å². The average molecular weight is 284 g/mol. The molecule has 0 bridgehead atoms. The van der Waals surface area contributed by atoms with Gasteiger partial charge in [-0.05, 0) is 37.5 Å². The van der Waals surface area contributed by atoms with Gasteiger partial charge in [0.25, 0.3) is 0 Å². The monoisotopic (exact) mass is 283 g/mol. The molecule has 4 nitrogen and oxygen atoms in total. The SMILES string of the molecule is O=S1N=C(N2CCCCC2)Nc2ccc(Cl)cc21. The lowest BCUT2D eigenvalue weighted by atomic mass is 10.1. The molecule has 0 aromatic heterocycles. The first-order chi connectivity index (χ1) is 8.74. The van der Waals surface area contributed by atoms with Crippen molar-refractivity contribution in [2.24, 2.45) is 4.40 Å². The molecule has 18 heavy (non-hydrogen) atoms. The maximum absolute atomic E-state index is 12.1. The van der Waals surface area contributed by atoms with E-state index >= 15 is 0 Å². The summed E-state index contributed by atoms with van der Waals surface area (Å²) in [5.74, 6) is 0.725. The van der Waals surface area contributed by atoms with Crippen molar-refractivity contribution in [3.8, 4) is 0 Å². The molecular formula is C12H14ClN3OS. The molecule has 1 unspecified atom stereocenters. The van der Waals surface area contributed by atoms with Gasteiger partial charge in [0.05, 0.1) is 10.6 Å². The van der Waals surface area contributed by atoms with Crippen LogP contribution in [0.4, 0.5) is 5.69 Å². The second kappa shape index (κ2) is 4.90. The second-order valence-corrected chi connectivity index (χ2v) is 6.03. The molecular weight excluding hydrogens is 270 g/mol. The fraction of sp³-hybridized carbons (Fsp3) is 0.417. The van der Waals surface area contributed by atoms with Crippen LogP contribution in [0.1, 0.15) is 19.3 Å². The number of nitrogens with zero attached hydrogens (tertiary/aromatic N) is 2. The number of rotatable bonds is 0. The lowest BCUT2D eigenvalue weighted by Crippen LogP contribution is -2.41. The Kier molecular flexibility index (Phi) is 3.26. The number of piperidine rings is 1. The number of nitrogens with one attached hydrogen (secondary N) is 1. The summed E-state index contributed by atoms with van der Waals surface area (Å²) in [4.78, 5) is 2.82. The van der Waals surface area contributed by atoms with Crippen molar-refractivity contribution < 1.29 is 4.21 Å². The number of fused-ring (bicyclic) bond motifs is 1. The van der Waals surface area contributed by atoms with E-state index in [1.807, 2.05) is 6.07 Å². The van der Waals surface area contributed by atoms with Crippen molar-refractivity contribution in [2.75, 3.05) is 18.4 Å². The van der Waals surface area contributed by atoms with Crippen LogP contribution in [0.3, 0.4) is 0 Å². The zero-order valence-corrected chi connectivity index (χ0v) is 11.4. The Bertz CT molecular complexity index is 526. The quantitative estimate of drug-likeness (QED) is 0.796. The Labute approximate surface area is 114 Å². The molecule has 1 fully saturated rings. The van der Waals surface area contributed by atoms with Gasteiger partial charge in [0.1, 0.15) is 0 Å². The Balaban J connectivity index is 1.89. The zero-order valence-electron chi connectivity index (χ0n) is 9.86. The number of hydrogen-bond acceptors (Lipinski definition) is 3. The number of benzene rings is 1. The summed E-state index contributed by atoms with van der Waals surface area (Å²) in [6, 6.07) is 5.36. The van der Waals surface area contributed by atoms with Crippen LogP contribution >= 0.6 is 11.6 Å². The predicted molar refractivity (Wildman–Crippen MR) is 74.3 cm³/mol. The molecule has 3 rings (SSSR count). The molecule has 0 saturated carbocycles. The van der Waals surface area contributed by atoms with Gasteiger partial charge in [-0.25, -0.2) is 4.21 Å². The van der Waals surface area contributed by atoms with E-state index in [9.17, 15) is 4.21 Å². The molecule has 0 spiro atoms. The summed E-state index contributed by atoms with van der Waals surface area (Å²) >= 11 is 5.91. The molecule has 0 amide bonds. The molecule has 0 radical (unpaired) electrons. The van der Waals surface area contributed by atoms with E-state index < -0.39 is 11.0 Å². The molecule has 1 atom stereocenters. The number of hydrogen-bond donors (Lipinski definition) is 1. The highest BCUT2D eigenvalue weighted by atomic mass is 35.5. The van der Waals surface area contributed by atoms with Crippen LogP contribution in [-0.2, 0) is 11.0 Å². The Morgan fingerprint density at radius 3 is 2.83 bits per heavy atom. The molecule has 96 valence electrons. The summed E-state index contributed by atoms with van der Waals surface area (Å²) in [5.41, 5.74) is 0.841. The maximum Gasteiger partial charge on any atom is 0.213 e. The number of likely N-dealkylation sites (tertiary alicyclic amines) is 1. The molecule has 1 N–H and O–H groups in total. The minimum atomic E-state index is -1.36. The summed E-state index contributed by atoms with van der Waals surface area (Å²) < 4.78 is 16.3. The van der Waals surface area contributed by atoms with Crippen molar-refractivity contribution in [1.82, 2.24) is 4.90 Å². The second-order valence-electron chi connectivity index (χ2n) is 4.48. The largest absolute Gasteiger partial charge is 0.342 e. The molecule has 1 aromatic rings. The van der Waals surface area contributed by atoms with Gasteiger partial charge in [-0.1, -0.05) is 11.6 Å². The zero-order chi connectivity index (χ0) is 12.5. The van der Waals surface area contributed by atoms with Crippen molar-refractivity contribution in [3.63, 3.8) is 0 Å². The van der Waals surface area contributed by atoms with Crippen LogP contribution < -0.4 is 5.32 Å². The van der Waals surface area contributed by atoms with Crippen molar-refractivity contribution >= 4 is 34.2 Å². The first-order valence-electron chi connectivity index (χ1n) is 6.06. The van der Waals surface area contributed by atoms with Crippen LogP contribution in [0, 0.1) is 0 Å². The lowest BCUT2D eigenvalue weighted by Gasteiger charge is -2.31. The van der Waals surface area contributed by atoms with Gasteiger partial charge in [0, 0.05) is 18.1 Å². The van der Waals surface area contributed by atoms with Crippen LogP contribution in [0.25, 0.3) is 0 Å². The molecule has 0 aliphatic carbocycles. The first-order valence-corrected chi connectivity index (χ1v) is 7.54. The van der Waals surface area contributed by atoms with Crippen molar-refractivity contribution in [3.05, 3.63) is 23.2 Å². The van der Waals surface area contributed by atoms with Crippen LogP contribution in [0.2, 0.25) is 5.02 Å². The normalized spacial score (nSPS) is 23.1. The standard InChI is InChI=1S/C12H14ClN3OS/c13-9-4-5-10-11(8-9)18(17)15-12(14-10)16-6-2-1-3-7-16/h4-5,8H,1-3,6-7H2,(H,14,15). The van der Waals surface area contributed by atoms with E-state index in [4.69, 9.17) is 11.6 Å². The van der Waals surface area contributed by atoms with E-state index in [1.165, 1.54) is 19.3 Å². The highest BCUT2D eigenvalue weighted by Gasteiger charge is 2.23. The van der Waals surface area contributed by atoms with E-state index in [2.05, 4.69) is 14.6 Å². The van der Waals surface area contributed by atoms with E-state index in [0.29, 0.717) is 9.92 Å². The topological polar surface area (TPSA) is 44.7 Å².